The summed E-state index contributed by atoms with van der Waals surface area (Å²) in [6.07, 6.45) is 3.73. The minimum atomic E-state index is 0.468. The van der Waals surface area contributed by atoms with Crippen molar-refractivity contribution >= 4 is 5.96 Å². The normalized spacial score (nSPS) is 20.1. The number of hydrazine groups is 1. The van der Waals surface area contributed by atoms with Crippen LogP contribution in [0, 0.1) is 11.3 Å². The average Bonchev–Trinajstić information content (AvgIpc) is 2.75. The molecular weight excluding hydrogens is 212 g/mol. The van der Waals surface area contributed by atoms with Gasteiger partial charge in [-0.15, -0.1) is 0 Å². The maximum atomic E-state index is 5.59. The van der Waals surface area contributed by atoms with Crippen molar-refractivity contribution in [1.82, 2.24) is 10.3 Å². The molecule has 0 atom stereocenters. The van der Waals surface area contributed by atoms with Crippen molar-refractivity contribution in [2.75, 3.05) is 19.6 Å². The zero-order chi connectivity index (χ0) is 12.9. The summed E-state index contributed by atoms with van der Waals surface area (Å²) in [6, 6.07) is 0. The summed E-state index contributed by atoms with van der Waals surface area (Å²) >= 11 is 0. The molecule has 0 bridgehead atoms. The zero-order valence-corrected chi connectivity index (χ0v) is 11.8. The Hall–Kier alpha value is -0.770. The van der Waals surface area contributed by atoms with Gasteiger partial charge < -0.3 is 4.90 Å². The number of nitrogens with two attached hydrogens (primary N) is 1. The first-order valence-corrected chi connectivity index (χ1v) is 6.83. The molecule has 0 spiro atoms. The number of rotatable bonds is 4. The molecule has 4 nitrogen and oxygen atoms in total. The van der Waals surface area contributed by atoms with Crippen molar-refractivity contribution in [2.45, 2.75) is 47.0 Å². The number of aliphatic imine (C=N–C) groups is 1. The number of likely N-dealkylation sites (tertiary alicyclic amines) is 1. The third-order valence-corrected chi connectivity index (χ3v) is 3.97. The number of nitrogens with zero attached hydrogens (tertiary/aromatic N) is 2. The Kier molecular flexibility index (Phi) is 5.25. The van der Waals surface area contributed by atoms with E-state index < -0.39 is 0 Å². The summed E-state index contributed by atoms with van der Waals surface area (Å²) in [5.41, 5.74) is 3.23. The number of nitrogens with one attached hydrogen (secondary N) is 1. The highest BCUT2D eigenvalue weighted by molar-refractivity contribution is 5.79. The lowest BCUT2D eigenvalue weighted by molar-refractivity contribution is 0.276. The molecule has 1 aliphatic heterocycles. The molecule has 1 saturated heterocycles. The SMILES string of the molecule is CCC1(CC)CCN(C(=NCC(C)C)NN)C1. The molecule has 3 N–H and O–H groups in total. The van der Waals surface area contributed by atoms with Gasteiger partial charge in [-0.2, -0.15) is 0 Å². The van der Waals surface area contributed by atoms with Gasteiger partial charge in [-0.3, -0.25) is 10.4 Å². The van der Waals surface area contributed by atoms with Crippen LogP contribution in [-0.2, 0) is 0 Å². The van der Waals surface area contributed by atoms with E-state index in [-0.39, 0.29) is 0 Å². The molecule has 0 aliphatic carbocycles. The second-order valence-electron chi connectivity index (χ2n) is 5.58. The molecule has 4 heteroatoms. The van der Waals surface area contributed by atoms with Gasteiger partial charge in [0.05, 0.1) is 0 Å². The van der Waals surface area contributed by atoms with Gasteiger partial charge in [0.15, 0.2) is 0 Å². The lowest BCUT2D eigenvalue weighted by atomic mass is 9.82. The van der Waals surface area contributed by atoms with Crippen molar-refractivity contribution in [1.29, 1.82) is 0 Å². The third kappa shape index (κ3) is 3.60. The molecule has 1 rings (SSSR count). The lowest BCUT2D eigenvalue weighted by Crippen LogP contribution is -2.44. The highest BCUT2D eigenvalue weighted by atomic mass is 15.4. The Morgan fingerprint density at radius 1 is 1.41 bits per heavy atom. The molecule has 17 heavy (non-hydrogen) atoms. The Morgan fingerprint density at radius 2 is 2.06 bits per heavy atom. The predicted octanol–water partition coefficient (Wildman–Crippen LogP) is 1.97. The maximum Gasteiger partial charge on any atom is 0.208 e. The Labute approximate surface area is 106 Å². The maximum absolute atomic E-state index is 5.59. The summed E-state index contributed by atoms with van der Waals surface area (Å²) in [4.78, 5) is 6.87. The number of guanidine groups is 1. The molecule has 1 fully saturated rings. The standard InChI is InChI=1S/C13H28N4/c1-5-13(6-2)7-8-17(10-13)12(16-14)15-9-11(3)4/h11H,5-10,14H2,1-4H3,(H,15,16). The van der Waals surface area contributed by atoms with E-state index in [0.717, 1.165) is 25.6 Å². The van der Waals surface area contributed by atoms with E-state index in [9.17, 15) is 0 Å². The summed E-state index contributed by atoms with van der Waals surface area (Å²) in [5.74, 6) is 7.02. The van der Waals surface area contributed by atoms with Gasteiger partial charge in [-0.25, -0.2) is 5.84 Å². The van der Waals surface area contributed by atoms with E-state index >= 15 is 0 Å². The molecule has 0 radical (unpaired) electrons. The smallest absolute Gasteiger partial charge is 0.208 e. The predicted molar refractivity (Wildman–Crippen MR) is 73.7 cm³/mol. The van der Waals surface area contributed by atoms with E-state index in [0.29, 0.717) is 11.3 Å². The van der Waals surface area contributed by atoms with E-state index in [1.807, 2.05) is 0 Å². The molecule has 1 heterocycles. The molecule has 0 aromatic heterocycles. The van der Waals surface area contributed by atoms with Crippen molar-refractivity contribution in [3.63, 3.8) is 0 Å². The fraction of sp³-hybridized carbons (Fsp3) is 0.923. The first-order valence-electron chi connectivity index (χ1n) is 6.83. The quantitative estimate of drug-likeness (QED) is 0.342. The van der Waals surface area contributed by atoms with Gasteiger partial charge in [0.1, 0.15) is 0 Å². The fourth-order valence-electron chi connectivity index (χ4n) is 2.45. The molecule has 0 aromatic carbocycles. The highest BCUT2D eigenvalue weighted by Gasteiger charge is 2.36. The Balaban J connectivity index is 2.64. The van der Waals surface area contributed by atoms with Gasteiger partial charge in [-0.05, 0) is 30.6 Å². The van der Waals surface area contributed by atoms with Crippen LogP contribution in [0.3, 0.4) is 0 Å². The summed E-state index contributed by atoms with van der Waals surface area (Å²) < 4.78 is 0. The minimum absolute atomic E-state index is 0.468. The van der Waals surface area contributed by atoms with Crippen molar-refractivity contribution < 1.29 is 0 Å². The molecule has 0 aromatic rings. The van der Waals surface area contributed by atoms with E-state index in [2.05, 4.69) is 43.0 Å². The molecule has 100 valence electrons. The second-order valence-corrected chi connectivity index (χ2v) is 5.58. The van der Waals surface area contributed by atoms with Crippen molar-refractivity contribution in [3.05, 3.63) is 0 Å². The summed E-state index contributed by atoms with van der Waals surface area (Å²) in [5, 5.41) is 0. The van der Waals surface area contributed by atoms with Crippen LogP contribution in [0.25, 0.3) is 0 Å². The number of hydrogen-bond donors (Lipinski definition) is 2. The van der Waals surface area contributed by atoms with Crippen LogP contribution in [0.2, 0.25) is 0 Å². The zero-order valence-electron chi connectivity index (χ0n) is 11.8. The van der Waals surface area contributed by atoms with E-state index in [1.165, 1.54) is 19.3 Å². The van der Waals surface area contributed by atoms with Gasteiger partial charge in [0.25, 0.3) is 0 Å². The second kappa shape index (κ2) is 6.24. The van der Waals surface area contributed by atoms with Crippen molar-refractivity contribution in [3.8, 4) is 0 Å². The Bertz CT molecular complexity index is 256. The van der Waals surface area contributed by atoms with E-state index in [1.54, 1.807) is 0 Å². The van der Waals surface area contributed by atoms with Gasteiger partial charge >= 0.3 is 0 Å². The van der Waals surface area contributed by atoms with Gasteiger partial charge in [-0.1, -0.05) is 27.7 Å². The van der Waals surface area contributed by atoms with Crippen LogP contribution < -0.4 is 11.3 Å². The topological polar surface area (TPSA) is 53.6 Å². The largest absolute Gasteiger partial charge is 0.341 e. The molecular formula is C13H28N4. The first kappa shape index (κ1) is 14.3. The van der Waals surface area contributed by atoms with Crippen LogP contribution in [0.4, 0.5) is 0 Å². The molecule has 1 aliphatic rings. The number of hydrogen-bond acceptors (Lipinski definition) is 2. The van der Waals surface area contributed by atoms with Crippen LogP contribution in [0.5, 0.6) is 0 Å². The minimum Gasteiger partial charge on any atom is -0.341 e. The van der Waals surface area contributed by atoms with Gasteiger partial charge in [0.2, 0.25) is 5.96 Å². The molecule has 0 amide bonds. The van der Waals surface area contributed by atoms with Crippen molar-refractivity contribution in [2.24, 2.45) is 22.2 Å². The summed E-state index contributed by atoms with van der Waals surface area (Å²) in [6.45, 7) is 11.9. The van der Waals surface area contributed by atoms with Crippen LogP contribution in [0.15, 0.2) is 4.99 Å². The third-order valence-electron chi connectivity index (χ3n) is 3.97. The first-order chi connectivity index (χ1) is 8.06. The average molecular weight is 240 g/mol. The molecule has 0 unspecified atom stereocenters. The van der Waals surface area contributed by atoms with Gasteiger partial charge in [0, 0.05) is 19.6 Å². The Morgan fingerprint density at radius 3 is 2.47 bits per heavy atom. The lowest BCUT2D eigenvalue weighted by Gasteiger charge is -2.27. The summed E-state index contributed by atoms with van der Waals surface area (Å²) in [7, 11) is 0. The highest BCUT2D eigenvalue weighted by Crippen LogP contribution is 2.36. The van der Waals surface area contributed by atoms with E-state index in [4.69, 9.17) is 5.84 Å². The van der Waals surface area contributed by atoms with Crippen LogP contribution in [-0.4, -0.2) is 30.5 Å². The van der Waals surface area contributed by atoms with Crippen LogP contribution in [0.1, 0.15) is 47.0 Å². The fourth-order valence-corrected chi connectivity index (χ4v) is 2.45. The monoisotopic (exact) mass is 240 g/mol. The van der Waals surface area contributed by atoms with Crippen LogP contribution >= 0.6 is 0 Å². The molecule has 0 saturated carbocycles.